The number of anilines is 1. The quantitative estimate of drug-likeness (QED) is 0.389. The van der Waals surface area contributed by atoms with Crippen LogP contribution in [0.4, 0.5) is 5.69 Å². The topological polar surface area (TPSA) is 110 Å². The molecule has 0 bridgehead atoms. The standard InChI is InChI=1S/C17H11IN2O4/c18-14-7-10(4-5-15(14)21)6-12(9-19)16(22)20-13-3-1-2-11(8-13)17(23)24/h1-8,21H,(H,20,22)(H,23,24)/b12-6-. The van der Waals surface area contributed by atoms with Gasteiger partial charge in [0.25, 0.3) is 5.91 Å². The van der Waals surface area contributed by atoms with Crippen LogP contribution >= 0.6 is 22.6 Å². The zero-order valence-electron chi connectivity index (χ0n) is 12.2. The lowest BCUT2D eigenvalue weighted by atomic mass is 10.1. The number of rotatable bonds is 4. The molecule has 0 aromatic heterocycles. The average molecular weight is 434 g/mol. The van der Waals surface area contributed by atoms with Crippen molar-refractivity contribution in [1.29, 1.82) is 5.26 Å². The highest BCUT2D eigenvalue weighted by Gasteiger charge is 2.11. The van der Waals surface area contributed by atoms with Crippen LogP contribution in [-0.2, 0) is 4.79 Å². The van der Waals surface area contributed by atoms with E-state index in [0.717, 1.165) is 0 Å². The van der Waals surface area contributed by atoms with Gasteiger partial charge in [0.15, 0.2) is 0 Å². The number of carbonyl (C=O) groups is 2. The number of amides is 1. The Balaban J connectivity index is 2.24. The van der Waals surface area contributed by atoms with E-state index in [1.165, 1.54) is 36.4 Å². The first kappa shape index (κ1) is 17.5. The molecule has 6 nitrogen and oxygen atoms in total. The third kappa shape index (κ3) is 4.33. The van der Waals surface area contributed by atoms with E-state index in [0.29, 0.717) is 9.13 Å². The summed E-state index contributed by atoms with van der Waals surface area (Å²) in [6.45, 7) is 0. The van der Waals surface area contributed by atoms with Gasteiger partial charge in [-0.1, -0.05) is 12.1 Å². The number of hydrogen-bond donors (Lipinski definition) is 3. The molecule has 0 saturated heterocycles. The Kier molecular flexibility index (Phi) is 5.55. The van der Waals surface area contributed by atoms with Crippen LogP contribution in [0.5, 0.6) is 5.75 Å². The predicted octanol–water partition coefficient (Wildman–Crippen LogP) is 3.24. The molecule has 0 radical (unpaired) electrons. The Labute approximate surface area is 151 Å². The minimum absolute atomic E-state index is 0.0309. The SMILES string of the molecule is N#C/C(=C/c1ccc(O)c(I)c1)C(=O)Nc1cccc(C(=O)O)c1. The van der Waals surface area contributed by atoms with Crippen molar-refractivity contribution >= 4 is 46.2 Å². The summed E-state index contributed by atoms with van der Waals surface area (Å²) in [5.74, 6) is -1.65. The van der Waals surface area contributed by atoms with E-state index in [2.05, 4.69) is 5.32 Å². The van der Waals surface area contributed by atoms with Crippen molar-refractivity contribution < 1.29 is 19.8 Å². The van der Waals surface area contributed by atoms with Crippen LogP contribution in [0.15, 0.2) is 48.0 Å². The molecule has 0 atom stereocenters. The Morgan fingerprint density at radius 1 is 1.21 bits per heavy atom. The number of nitrogens with one attached hydrogen (secondary N) is 1. The molecule has 2 aromatic carbocycles. The number of carboxylic acid groups (broad SMARTS) is 1. The molecule has 0 heterocycles. The number of aromatic hydroxyl groups is 1. The molecular formula is C17H11IN2O4. The number of phenols is 1. The molecule has 1 amide bonds. The van der Waals surface area contributed by atoms with Gasteiger partial charge in [-0.2, -0.15) is 5.26 Å². The van der Waals surface area contributed by atoms with Crippen LogP contribution in [-0.4, -0.2) is 22.1 Å². The summed E-state index contributed by atoms with van der Waals surface area (Å²) in [5, 5.41) is 30.1. The molecule has 0 saturated carbocycles. The van der Waals surface area contributed by atoms with Gasteiger partial charge in [0.2, 0.25) is 0 Å². The van der Waals surface area contributed by atoms with Crippen molar-refractivity contribution in [2.45, 2.75) is 0 Å². The summed E-state index contributed by atoms with van der Waals surface area (Å²) >= 11 is 1.94. The van der Waals surface area contributed by atoms with Gasteiger partial charge in [0.05, 0.1) is 9.13 Å². The lowest BCUT2D eigenvalue weighted by Crippen LogP contribution is -2.13. The van der Waals surface area contributed by atoms with Crippen molar-refractivity contribution in [2.24, 2.45) is 0 Å². The molecule has 120 valence electrons. The molecule has 7 heteroatoms. The van der Waals surface area contributed by atoms with Gasteiger partial charge in [0, 0.05) is 5.69 Å². The number of hydrogen-bond acceptors (Lipinski definition) is 4. The summed E-state index contributed by atoms with van der Waals surface area (Å²) in [6.07, 6.45) is 1.39. The molecule has 0 aliphatic rings. The molecule has 2 aromatic rings. The van der Waals surface area contributed by atoms with Crippen molar-refractivity contribution in [3.05, 3.63) is 62.7 Å². The number of nitriles is 1. The van der Waals surface area contributed by atoms with Crippen LogP contribution in [0, 0.1) is 14.9 Å². The number of carbonyl (C=O) groups excluding carboxylic acids is 1. The van der Waals surface area contributed by atoms with E-state index in [4.69, 9.17) is 5.11 Å². The second-order valence-corrected chi connectivity index (χ2v) is 5.88. The maximum absolute atomic E-state index is 12.2. The minimum atomic E-state index is -1.11. The molecule has 0 aliphatic heterocycles. The van der Waals surface area contributed by atoms with Crippen molar-refractivity contribution in [3.8, 4) is 11.8 Å². The number of halogens is 1. The number of aromatic carboxylic acids is 1. The summed E-state index contributed by atoms with van der Waals surface area (Å²) in [5.41, 5.74) is 0.755. The first-order chi connectivity index (χ1) is 11.4. The lowest BCUT2D eigenvalue weighted by molar-refractivity contribution is -0.112. The Hall–Kier alpha value is -2.86. The Morgan fingerprint density at radius 3 is 2.58 bits per heavy atom. The average Bonchev–Trinajstić information content (AvgIpc) is 2.55. The van der Waals surface area contributed by atoms with Crippen LogP contribution < -0.4 is 5.32 Å². The van der Waals surface area contributed by atoms with Gasteiger partial charge in [-0.05, 0) is 64.6 Å². The predicted molar refractivity (Wildman–Crippen MR) is 96.4 cm³/mol. The first-order valence-electron chi connectivity index (χ1n) is 6.65. The maximum atomic E-state index is 12.2. The second-order valence-electron chi connectivity index (χ2n) is 4.72. The summed E-state index contributed by atoms with van der Waals surface area (Å²) < 4.78 is 0.591. The highest BCUT2D eigenvalue weighted by atomic mass is 127. The zero-order chi connectivity index (χ0) is 17.7. The van der Waals surface area contributed by atoms with E-state index >= 15 is 0 Å². The van der Waals surface area contributed by atoms with Crippen molar-refractivity contribution in [1.82, 2.24) is 0 Å². The molecule has 24 heavy (non-hydrogen) atoms. The fourth-order valence-electron chi connectivity index (χ4n) is 1.86. The van der Waals surface area contributed by atoms with Gasteiger partial charge in [-0.3, -0.25) is 4.79 Å². The van der Waals surface area contributed by atoms with Crippen LogP contribution in [0.3, 0.4) is 0 Å². The molecule has 0 aliphatic carbocycles. The first-order valence-corrected chi connectivity index (χ1v) is 7.73. The smallest absolute Gasteiger partial charge is 0.335 e. The number of benzene rings is 2. The molecule has 0 unspecified atom stereocenters. The number of nitrogens with zero attached hydrogens (tertiary/aromatic N) is 1. The maximum Gasteiger partial charge on any atom is 0.335 e. The van der Waals surface area contributed by atoms with Crippen molar-refractivity contribution in [3.63, 3.8) is 0 Å². The van der Waals surface area contributed by atoms with Gasteiger partial charge in [-0.15, -0.1) is 0 Å². The molecular weight excluding hydrogens is 423 g/mol. The summed E-state index contributed by atoms with van der Waals surface area (Å²) in [7, 11) is 0. The fourth-order valence-corrected chi connectivity index (χ4v) is 2.40. The zero-order valence-corrected chi connectivity index (χ0v) is 14.3. The van der Waals surface area contributed by atoms with Gasteiger partial charge in [-0.25, -0.2) is 4.79 Å². The van der Waals surface area contributed by atoms with E-state index in [1.807, 2.05) is 28.7 Å². The monoisotopic (exact) mass is 434 g/mol. The van der Waals surface area contributed by atoms with E-state index in [1.54, 1.807) is 12.1 Å². The third-order valence-corrected chi connectivity index (χ3v) is 3.88. The minimum Gasteiger partial charge on any atom is -0.507 e. The summed E-state index contributed by atoms with van der Waals surface area (Å²) in [6, 6.07) is 12.2. The van der Waals surface area contributed by atoms with E-state index in [9.17, 15) is 20.0 Å². The Morgan fingerprint density at radius 2 is 1.96 bits per heavy atom. The number of phenolic OH excluding ortho intramolecular Hbond substituents is 1. The van der Waals surface area contributed by atoms with Gasteiger partial charge < -0.3 is 15.5 Å². The Bertz CT molecular complexity index is 884. The fraction of sp³-hybridized carbons (Fsp3) is 0. The highest BCUT2D eigenvalue weighted by molar-refractivity contribution is 14.1. The molecule has 2 rings (SSSR count). The van der Waals surface area contributed by atoms with Crippen molar-refractivity contribution in [2.75, 3.05) is 5.32 Å². The van der Waals surface area contributed by atoms with Crippen LogP contribution in [0.1, 0.15) is 15.9 Å². The van der Waals surface area contributed by atoms with Crippen LogP contribution in [0.2, 0.25) is 0 Å². The second kappa shape index (κ2) is 7.61. The van der Waals surface area contributed by atoms with Gasteiger partial charge >= 0.3 is 5.97 Å². The van der Waals surface area contributed by atoms with E-state index < -0.39 is 11.9 Å². The van der Waals surface area contributed by atoms with Crippen LogP contribution in [0.25, 0.3) is 6.08 Å². The largest absolute Gasteiger partial charge is 0.507 e. The molecule has 3 N–H and O–H groups in total. The lowest BCUT2D eigenvalue weighted by Gasteiger charge is -2.05. The summed E-state index contributed by atoms with van der Waals surface area (Å²) in [4.78, 5) is 23.1. The van der Waals surface area contributed by atoms with E-state index in [-0.39, 0.29) is 22.6 Å². The third-order valence-electron chi connectivity index (χ3n) is 3.02. The molecule has 0 fully saturated rings. The normalized spacial score (nSPS) is 10.8. The van der Waals surface area contributed by atoms with Gasteiger partial charge in [0.1, 0.15) is 17.4 Å². The number of carboxylic acids is 1. The highest BCUT2D eigenvalue weighted by Crippen LogP contribution is 2.22. The molecule has 0 spiro atoms.